The van der Waals surface area contributed by atoms with Crippen molar-refractivity contribution in [3.63, 3.8) is 0 Å². The number of benzene rings is 1. The van der Waals surface area contributed by atoms with Crippen molar-refractivity contribution in [1.82, 2.24) is 0 Å². The van der Waals surface area contributed by atoms with Crippen LogP contribution in [0.5, 0.6) is 0 Å². The molecule has 1 aliphatic heterocycles. The number of carbonyl (C=O) groups is 1. The lowest BCUT2D eigenvalue weighted by molar-refractivity contribution is -0.385. The molecule has 2 rings (SSSR count). The molecule has 2 unspecified atom stereocenters. The van der Waals surface area contributed by atoms with Gasteiger partial charge < -0.3 is 14.7 Å². The second kappa shape index (κ2) is 5.98. The smallest absolute Gasteiger partial charge is 0.326 e. The maximum atomic E-state index is 11.4. The van der Waals surface area contributed by atoms with Crippen LogP contribution >= 0.6 is 15.9 Å². The summed E-state index contributed by atoms with van der Waals surface area (Å²) in [4.78, 5) is 23.6. The fourth-order valence-electron chi connectivity index (χ4n) is 2.54. The molecule has 1 heterocycles. The Balaban J connectivity index is 2.43. The molecule has 1 saturated heterocycles. The molecule has 1 fully saturated rings. The van der Waals surface area contributed by atoms with Crippen molar-refractivity contribution in [3.05, 3.63) is 32.3 Å². The second-order valence-electron chi connectivity index (χ2n) is 4.95. The molecule has 21 heavy (non-hydrogen) atoms. The molecule has 0 bridgehead atoms. The number of ether oxygens (including phenoxy) is 1. The van der Waals surface area contributed by atoms with Gasteiger partial charge in [0.05, 0.1) is 16.7 Å². The number of nitro benzene ring substituents is 1. The zero-order valence-electron chi connectivity index (χ0n) is 11.6. The summed E-state index contributed by atoms with van der Waals surface area (Å²) in [5.41, 5.74) is 1.12. The lowest BCUT2D eigenvalue weighted by Gasteiger charge is -2.25. The molecular weight excluding hydrogens is 344 g/mol. The lowest BCUT2D eigenvalue weighted by atomic mass is 10.1. The Morgan fingerprint density at radius 2 is 2.24 bits per heavy atom. The highest BCUT2D eigenvalue weighted by molar-refractivity contribution is 9.10. The Morgan fingerprint density at radius 3 is 2.76 bits per heavy atom. The Kier molecular flexibility index (Phi) is 4.48. The highest BCUT2D eigenvalue weighted by Crippen LogP contribution is 2.37. The van der Waals surface area contributed by atoms with Crippen molar-refractivity contribution in [2.75, 3.05) is 18.6 Å². The average Bonchev–Trinajstić information content (AvgIpc) is 2.84. The lowest BCUT2D eigenvalue weighted by Crippen LogP contribution is -2.36. The Bertz CT molecular complexity index is 592. The standard InChI is InChI=1S/C13H15BrN2O5/c1-7-3-11(9(14)5-10(7)16(19)20)15-6-8(21-2)4-12(15)13(17)18/h3,5,8,12H,4,6H2,1-2H3,(H,17,18). The van der Waals surface area contributed by atoms with E-state index >= 15 is 0 Å². The van der Waals surface area contributed by atoms with Gasteiger partial charge >= 0.3 is 5.97 Å². The first-order valence-electron chi connectivity index (χ1n) is 6.32. The summed E-state index contributed by atoms with van der Waals surface area (Å²) in [5, 5.41) is 20.3. The minimum absolute atomic E-state index is 0.0000107. The van der Waals surface area contributed by atoms with Crippen molar-refractivity contribution < 1.29 is 19.6 Å². The summed E-state index contributed by atoms with van der Waals surface area (Å²) in [7, 11) is 1.54. The van der Waals surface area contributed by atoms with E-state index in [2.05, 4.69) is 15.9 Å². The monoisotopic (exact) mass is 358 g/mol. The molecule has 0 aliphatic carbocycles. The van der Waals surface area contributed by atoms with Gasteiger partial charge in [0.2, 0.25) is 0 Å². The summed E-state index contributed by atoms with van der Waals surface area (Å²) in [6.07, 6.45) is 0.211. The summed E-state index contributed by atoms with van der Waals surface area (Å²) in [6, 6.07) is 2.34. The van der Waals surface area contributed by atoms with Crippen molar-refractivity contribution in [2.45, 2.75) is 25.5 Å². The molecule has 0 amide bonds. The molecule has 1 aromatic carbocycles. The number of carboxylic acids is 1. The van der Waals surface area contributed by atoms with Crippen molar-refractivity contribution in [2.24, 2.45) is 0 Å². The topological polar surface area (TPSA) is 92.9 Å². The van der Waals surface area contributed by atoms with E-state index in [1.54, 1.807) is 25.0 Å². The van der Waals surface area contributed by atoms with E-state index in [0.717, 1.165) is 0 Å². The average molecular weight is 359 g/mol. The number of rotatable bonds is 4. The molecule has 0 spiro atoms. The summed E-state index contributed by atoms with van der Waals surface area (Å²) in [6.45, 7) is 2.07. The molecular formula is C13H15BrN2O5. The summed E-state index contributed by atoms with van der Waals surface area (Å²) < 4.78 is 5.75. The van der Waals surface area contributed by atoms with Gasteiger partial charge in [-0.25, -0.2) is 4.79 Å². The number of hydrogen-bond donors (Lipinski definition) is 1. The van der Waals surface area contributed by atoms with Crippen LogP contribution in [0.1, 0.15) is 12.0 Å². The second-order valence-corrected chi connectivity index (χ2v) is 5.80. The van der Waals surface area contributed by atoms with Crippen LogP contribution in [0, 0.1) is 17.0 Å². The quantitative estimate of drug-likeness (QED) is 0.655. The SMILES string of the molecule is COC1CC(C(=O)O)N(c2cc(C)c([N+](=O)[O-])cc2Br)C1. The van der Waals surface area contributed by atoms with E-state index < -0.39 is 16.9 Å². The van der Waals surface area contributed by atoms with Gasteiger partial charge in [0.25, 0.3) is 5.69 Å². The number of nitrogens with zero attached hydrogens (tertiary/aromatic N) is 2. The van der Waals surface area contributed by atoms with Gasteiger partial charge in [0.1, 0.15) is 6.04 Å². The fourth-order valence-corrected chi connectivity index (χ4v) is 3.10. The van der Waals surface area contributed by atoms with Gasteiger partial charge in [-0.2, -0.15) is 0 Å². The Hall–Kier alpha value is -1.67. The number of halogens is 1. The first kappa shape index (κ1) is 15.7. The molecule has 1 N–H and O–H groups in total. The van der Waals surface area contributed by atoms with Crippen LogP contribution in [-0.4, -0.2) is 41.8 Å². The summed E-state index contributed by atoms with van der Waals surface area (Å²) in [5.74, 6) is -0.933. The van der Waals surface area contributed by atoms with E-state index in [4.69, 9.17) is 4.74 Å². The Labute approximate surface area is 129 Å². The highest BCUT2D eigenvalue weighted by atomic mass is 79.9. The van der Waals surface area contributed by atoms with Gasteiger partial charge in [-0.3, -0.25) is 10.1 Å². The minimum Gasteiger partial charge on any atom is -0.480 e. The van der Waals surface area contributed by atoms with E-state index in [0.29, 0.717) is 28.7 Å². The van der Waals surface area contributed by atoms with Gasteiger partial charge in [0, 0.05) is 36.2 Å². The molecule has 1 aromatic rings. The first-order valence-corrected chi connectivity index (χ1v) is 7.11. The number of nitro groups is 1. The zero-order chi connectivity index (χ0) is 15.7. The number of carboxylic acid groups (broad SMARTS) is 1. The maximum Gasteiger partial charge on any atom is 0.326 e. The van der Waals surface area contributed by atoms with Gasteiger partial charge in [0.15, 0.2) is 0 Å². The van der Waals surface area contributed by atoms with Crippen LogP contribution in [0.15, 0.2) is 16.6 Å². The van der Waals surface area contributed by atoms with Crippen molar-refractivity contribution >= 4 is 33.3 Å². The Morgan fingerprint density at radius 1 is 1.57 bits per heavy atom. The third-order valence-electron chi connectivity index (χ3n) is 3.65. The zero-order valence-corrected chi connectivity index (χ0v) is 13.2. The summed E-state index contributed by atoms with van der Waals surface area (Å²) >= 11 is 3.30. The fraction of sp³-hybridized carbons (Fsp3) is 0.462. The molecule has 0 saturated carbocycles. The van der Waals surface area contributed by atoms with E-state index in [1.165, 1.54) is 6.07 Å². The van der Waals surface area contributed by atoms with Gasteiger partial charge in [-0.05, 0) is 28.9 Å². The number of aliphatic carboxylic acids is 1. The van der Waals surface area contributed by atoms with Crippen LogP contribution < -0.4 is 4.90 Å². The number of aryl methyl sites for hydroxylation is 1. The van der Waals surface area contributed by atoms with Crippen LogP contribution in [0.25, 0.3) is 0 Å². The van der Waals surface area contributed by atoms with Crippen LogP contribution in [-0.2, 0) is 9.53 Å². The maximum absolute atomic E-state index is 11.4. The molecule has 0 radical (unpaired) electrons. The molecule has 8 heteroatoms. The number of hydrogen-bond acceptors (Lipinski definition) is 5. The normalized spacial score (nSPS) is 21.6. The van der Waals surface area contributed by atoms with Crippen molar-refractivity contribution in [3.8, 4) is 0 Å². The van der Waals surface area contributed by atoms with Gasteiger partial charge in [-0.1, -0.05) is 0 Å². The molecule has 114 valence electrons. The third kappa shape index (κ3) is 3.01. The highest BCUT2D eigenvalue weighted by Gasteiger charge is 2.38. The number of methoxy groups -OCH3 is 1. The predicted molar refractivity (Wildman–Crippen MR) is 79.7 cm³/mol. The van der Waals surface area contributed by atoms with Gasteiger partial charge in [-0.15, -0.1) is 0 Å². The molecule has 7 nitrogen and oxygen atoms in total. The third-order valence-corrected chi connectivity index (χ3v) is 4.29. The molecule has 1 aliphatic rings. The predicted octanol–water partition coefficient (Wildman–Crippen LogP) is 2.34. The van der Waals surface area contributed by atoms with Crippen LogP contribution in [0.3, 0.4) is 0 Å². The van der Waals surface area contributed by atoms with Crippen LogP contribution in [0.2, 0.25) is 0 Å². The molecule has 0 aromatic heterocycles. The minimum atomic E-state index is -0.933. The van der Waals surface area contributed by atoms with E-state index in [1.807, 2.05) is 0 Å². The van der Waals surface area contributed by atoms with E-state index in [9.17, 15) is 20.0 Å². The number of anilines is 1. The first-order chi connectivity index (χ1) is 9.85. The van der Waals surface area contributed by atoms with E-state index in [-0.39, 0.29) is 11.8 Å². The molecule has 2 atom stereocenters. The largest absolute Gasteiger partial charge is 0.480 e. The van der Waals surface area contributed by atoms with Crippen molar-refractivity contribution in [1.29, 1.82) is 0 Å². The van der Waals surface area contributed by atoms with Crippen LogP contribution in [0.4, 0.5) is 11.4 Å².